The average molecular weight is 390 g/mol. The van der Waals surface area contributed by atoms with Crippen LogP contribution in [-0.2, 0) is 0 Å². The van der Waals surface area contributed by atoms with E-state index >= 15 is 0 Å². The summed E-state index contributed by atoms with van der Waals surface area (Å²) in [6.07, 6.45) is 0. The molecule has 0 radical (unpaired) electrons. The van der Waals surface area contributed by atoms with E-state index in [9.17, 15) is 9.90 Å². The van der Waals surface area contributed by atoms with Gasteiger partial charge >= 0.3 is 0 Å². The van der Waals surface area contributed by atoms with Crippen molar-refractivity contribution >= 4 is 11.0 Å². The topological polar surface area (TPSA) is 50.4 Å². The summed E-state index contributed by atoms with van der Waals surface area (Å²) >= 11 is 0. The molecule has 1 heterocycles. The summed E-state index contributed by atoms with van der Waals surface area (Å²) in [7, 11) is 0. The predicted molar refractivity (Wildman–Crippen MR) is 120 cm³/mol. The minimum absolute atomic E-state index is 0.180. The van der Waals surface area contributed by atoms with Crippen molar-refractivity contribution in [2.24, 2.45) is 0 Å². The van der Waals surface area contributed by atoms with Crippen LogP contribution in [0.1, 0.15) is 0 Å². The van der Waals surface area contributed by atoms with Gasteiger partial charge in [-0.15, -0.1) is 0 Å². The van der Waals surface area contributed by atoms with Crippen molar-refractivity contribution in [1.29, 1.82) is 0 Å². The number of rotatable bonds is 3. The molecule has 5 aromatic rings. The second-order valence-corrected chi connectivity index (χ2v) is 7.07. The van der Waals surface area contributed by atoms with Gasteiger partial charge in [0, 0.05) is 11.1 Å². The largest absolute Gasteiger partial charge is 0.502 e. The molecule has 0 saturated carbocycles. The van der Waals surface area contributed by atoms with Crippen LogP contribution in [0.2, 0.25) is 0 Å². The van der Waals surface area contributed by atoms with Crippen molar-refractivity contribution in [3.8, 4) is 39.3 Å². The number of hydrogen-bond acceptors (Lipinski definition) is 3. The maximum Gasteiger partial charge on any atom is 0.235 e. The maximum atomic E-state index is 13.4. The average Bonchev–Trinajstić information content (AvgIpc) is 2.82. The van der Waals surface area contributed by atoms with Crippen molar-refractivity contribution < 1.29 is 9.52 Å². The molecule has 144 valence electrons. The Hall–Kier alpha value is -4.11. The van der Waals surface area contributed by atoms with Crippen LogP contribution in [0.15, 0.2) is 112 Å². The van der Waals surface area contributed by atoms with Crippen molar-refractivity contribution in [1.82, 2.24) is 0 Å². The number of benzene rings is 4. The highest BCUT2D eigenvalue weighted by Crippen LogP contribution is 2.39. The number of fused-ring (bicyclic) bond motifs is 1. The van der Waals surface area contributed by atoms with Crippen LogP contribution in [0.4, 0.5) is 0 Å². The molecular weight excluding hydrogens is 372 g/mol. The molecule has 0 spiro atoms. The summed E-state index contributed by atoms with van der Waals surface area (Å²) in [6.45, 7) is 0. The molecule has 30 heavy (non-hydrogen) atoms. The molecule has 3 heteroatoms. The maximum absolute atomic E-state index is 13.4. The molecule has 4 aromatic carbocycles. The zero-order chi connectivity index (χ0) is 20.5. The van der Waals surface area contributed by atoms with Crippen molar-refractivity contribution in [3.05, 3.63) is 113 Å². The fraction of sp³-hybridized carbons (Fsp3) is 0. The zero-order valence-corrected chi connectivity index (χ0v) is 16.1. The number of hydrogen-bond donors (Lipinski definition) is 1. The molecule has 0 unspecified atom stereocenters. The first kappa shape index (κ1) is 18.0. The van der Waals surface area contributed by atoms with Gasteiger partial charge in [0.05, 0.1) is 5.39 Å². The molecule has 0 aliphatic heterocycles. The number of aromatic hydroxyl groups is 1. The molecule has 1 aromatic heterocycles. The summed E-state index contributed by atoms with van der Waals surface area (Å²) in [5.41, 5.74) is 4.20. The van der Waals surface area contributed by atoms with Crippen LogP contribution in [0.5, 0.6) is 5.75 Å². The fourth-order valence-electron chi connectivity index (χ4n) is 3.82. The molecule has 0 aliphatic carbocycles. The lowest BCUT2D eigenvalue weighted by molar-refractivity contribution is 0.449. The Bertz CT molecular complexity index is 1390. The van der Waals surface area contributed by atoms with Gasteiger partial charge in [-0.3, -0.25) is 4.79 Å². The zero-order valence-electron chi connectivity index (χ0n) is 16.1. The van der Waals surface area contributed by atoms with E-state index in [1.807, 2.05) is 84.9 Å². The highest BCUT2D eigenvalue weighted by atomic mass is 16.4. The van der Waals surface area contributed by atoms with Crippen molar-refractivity contribution in [2.75, 3.05) is 0 Å². The molecule has 5 rings (SSSR count). The van der Waals surface area contributed by atoms with E-state index < -0.39 is 5.43 Å². The highest BCUT2D eigenvalue weighted by molar-refractivity contribution is 6.03. The molecular formula is C27H18O3. The van der Waals surface area contributed by atoms with Crippen molar-refractivity contribution in [3.63, 3.8) is 0 Å². The van der Waals surface area contributed by atoms with Crippen LogP contribution in [0, 0.1) is 0 Å². The molecule has 0 bridgehead atoms. The summed E-state index contributed by atoms with van der Waals surface area (Å²) in [4.78, 5) is 13.4. The first-order chi connectivity index (χ1) is 14.7. The molecule has 1 N–H and O–H groups in total. The van der Waals surface area contributed by atoms with Gasteiger partial charge < -0.3 is 9.52 Å². The van der Waals surface area contributed by atoms with Gasteiger partial charge in [0.1, 0.15) is 5.58 Å². The molecule has 0 amide bonds. The smallest absolute Gasteiger partial charge is 0.235 e. The molecule has 0 fully saturated rings. The minimum Gasteiger partial charge on any atom is -0.502 e. The molecule has 3 nitrogen and oxygen atoms in total. The van der Waals surface area contributed by atoms with E-state index in [0.717, 1.165) is 22.3 Å². The van der Waals surface area contributed by atoms with Gasteiger partial charge in [0.15, 0.2) is 5.76 Å². The van der Waals surface area contributed by atoms with Gasteiger partial charge in [0.25, 0.3) is 0 Å². The molecule has 0 saturated heterocycles. The van der Waals surface area contributed by atoms with E-state index in [1.54, 1.807) is 18.2 Å². The summed E-state index contributed by atoms with van der Waals surface area (Å²) in [5, 5.41) is 11.2. The normalized spacial score (nSPS) is 10.9. The first-order valence-corrected chi connectivity index (χ1v) is 9.73. The lowest BCUT2D eigenvalue weighted by atomic mass is 9.91. The van der Waals surface area contributed by atoms with Gasteiger partial charge in [-0.05, 0) is 22.8 Å². The third-order valence-electron chi connectivity index (χ3n) is 5.22. The first-order valence-electron chi connectivity index (χ1n) is 9.73. The van der Waals surface area contributed by atoms with Gasteiger partial charge in [-0.25, -0.2) is 0 Å². The van der Waals surface area contributed by atoms with Crippen molar-refractivity contribution in [2.45, 2.75) is 0 Å². The van der Waals surface area contributed by atoms with Gasteiger partial charge in [0.2, 0.25) is 11.2 Å². The predicted octanol–water partition coefficient (Wildman–Crippen LogP) is 6.50. The Morgan fingerprint density at radius 3 is 1.73 bits per heavy atom. The Morgan fingerprint density at radius 2 is 1.13 bits per heavy atom. The van der Waals surface area contributed by atoms with Crippen LogP contribution in [0.3, 0.4) is 0 Å². The SMILES string of the molecule is O=c1c(O)c(-c2ccccc2)oc2ccc(-c3ccccc3)c(-c3ccccc3)c12. The standard InChI is InChI=1S/C27H18O3/c28-25-24-22(30-27(26(25)29)20-14-8-3-9-15-20)17-16-21(18-10-4-1-5-11-18)23(24)19-12-6-2-7-13-19/h1-17,29H. The monoisotopic (exact) mass is 390 g/mol. The summed E-state index contributed by atoms with van der Waals surface area (Å²) in [5.74, 6) is -0.198. The second-order valence-electron chi connectivity index (χ2n) is 7.07. The minimum atomic E-state index is -0.438. The van der Waals surface area contributed by atoms with Crippen LogP contribution in [0.25, 0.3) is 44.5 Å². The summed E-state index contributed by atoms with van der Waals surface area (Å²) in [6, 6.07) is 32.6. The van der Waals surface area contributed by atoms with Crippen LogP contribution < -0.4 is 5.43 Å². The third-order valence-corrected chi connectivity index (χ3v) is 5.22. The molecule has 0 atom stereocenters. The van der Waals surface area contributed by atoms with Gasteiger partial charge in [-0.1, -0.05) is 97.1 Å². The van der Waals surface area contributed by atoms with E-state index in [-0.39, 0.29) is 11.5 Å². The lowest BCUT2D eigenvalue weighted by Crippen LogP contribution is -2.05. The third kappa shape index (κ3) is 2.97. The lowest BCUT2D eigenvalue weighted by Gasteiger charge is -2.14. The Kier molecular flexibility index (Phi) is 4.41. The Labute approximate surface area is 173 Å². The van der Waals surface area contributed by atoms with E-state index in [2.05, 4.69) is 0 Å². The Balaban J connectivity index is 1.89. The summed E-state index contributed by atoms with van der Waals surface area (Å²) < 4.78 is 6.06. The Morgan fingerprint density at radius 1 is 0.600 bits per heavy atom. The molecule has 0 aliphatic rings. The van der Waals surface area contributed by atoms with Crippen LogP contribution >= 0.6 is 0 Å². The fourth-order valence-corrected chi connectivity index (χ4v) is 3.82. The van der Waals surface area contributed by atoms with Crippen LogP contribution in [-0.4, -0.2) is 5.11 Å². The van der Waals surface area contributed by atoms with Gasteiger partial charge in [-0.2, -0.15) is 0 Å². The van der Waals surface area contributed by atoms with E-state index in [0.29, 0.717) is 16.5 Å². The highest BCUT2D eigenvalue weighted by Gasteiger charge is 2.21. The van der Waals surface area contributed by atoms with E-state index in [4.69, 9.17) is 4.42 Å². The quantitative estimate of drug-likeness (QED) is 0.382. The second kappa shape index (κ2) is 7.37. The van der Waals surface area contributed by atoms with E-state index in [1.165, 1.54) is 0 Å².